The number of hydrogen-bond donors (Lipinski definition) is 1. The van der Waals surface area contributed by atoms with Crippen LogP contribution in [0.25, 0.3) is 0 Å². The smallest absolute Gasteiger partial charge is 0.119 e. The van der Waals surface area contributed by atoms with Gasteiger partial charge in [-0.25, -0.2) is 0 Å². The van der Waals surface area contributed by atoms with E-state index in [9.17, 15) is 0 Å². The highest BCUT2D eigenvalue weighted by molar-refractivity contribution is 5.53. The Balaban J connectivity index is 2.47. The van der Waals surface area contributed by atoms with Crippen molar-refractivity contribution in [2.24, 2.45) is 0 Å². The molecule has 0 atom stereocenters. The number of methoxy groups -OCH3 is 1. The Bertz CT molecular complexity index is 300. The van der Waals surface area contributed by atoms with Crippen molar-refractivity contribution in [3.63, 3.8) is 0 Å². The monoisotopic (exact) mass is 209 g/mol. The summed E-state index contributed by atoms with van der Waals surface area (Å²) in [6.45, 7) is 6.40. The topological polar surface area (TPSA) is 30.5 Å². The lowest BCUT2D eigenvalue weighted by Crippen LogP contribution is -2.09. The van der Waals surface area contributed by atoms with Gasteiger partial charge in [-0.05, 0) is 37.6 Å². The van der Waals surface area contributed by atoms with Gasteiger partial charge in [-0.1, -0.05) is 0 Å². The summed E-state index contributed by atoms with van der Waals surface area (Å²) < 4.78 is 10.4. The fourth-order valence-corrected chi connectivity index (χ4v) is 1.36. The van der Waals surface area contributed by atoms with Gasteiger partial charge in [-0.15, -0.1) is 0 Å². The summed E-state index contributed by atoms with van der Waals surface area (Å²) in [5, 5.41) is 3.32. The summed E-state index contributed by atoms with van der Waals surface area (Å²) in [5.41, 5.74) is 2.32. The first-order valence-corrected chi connectivity index (χ1v) is 5.24. The van der Waals surface area contributed by atoms with Crippen molar-refractivity contribution in [1.29, 1.82) is 0 Å². The van der Waals surface area contributed by atoms with E-state index >= 15 is 0 Å². The number of nitrogens with one attached hydrogen (secondary N) is 1. The second kappa shape index (κ2) is 6.30. The number of rotatable bonds is 6. The Hall–Kier alpha value is -1.22. The van der Waals surface area contributed by atoms with E-state index in [-0.39, 0.29) is 0 Å². The predicted molar refractivity (Wildman–Crippen MR) is 62.7 cm³/mol. The lowest BCUT2D eigenvalue weighted by Gasteiger charge is -2.10. The highest BCUT2D eigenvalue weighted by atomic mass is 16.5. The molecule has 3 heteroatoms. The highest BCUT2D eigenvalue weighted by Gasteiger charge is 1.98. The number of aryl methyl sites for hydroxylation is 1. The maximum Gasteiger partial charge on any atom is 0.119 e. The molecule has 1 N–H and O–H groups in total. The number of benzene rings is 1. The lowest BCUT2D eigenvalue weighted by molar-refractivity contribution is 0.158. The third-order valence-corrected chi connectivity index (χ3v) is 2.20. The summed E-state index contributed by atoms with van der Waals surface area (Å²) in [4.78, 5) is 0. The third kappa shape index (κ3) is 3.80. The Labute approximate surface area is 91.4 Å². The van der Waals surface area contributed by atoms with Crippen LogP contribution in [0.3, 0.4) is 0 Å². The fraction of sp³-hybridized carbons (Fsp3) is 0.500. The second-order valence-electron chi connectivity index (χ2n) is 3.30. The van der Waals surface area contributed by atoms with Crippen molar-refractivity contribution in [2.45, 2.75) is 13.8 Å². The SMILES string of the molecule is CCOCCNc1ccc(OC)cc1C. The zero-order valence-electron chi connectivity index (χ0n) is 9.67. The summed E-state index contributed by atoms with van der Waals surface area (Å²) in [7, 11) is 1.68. The van der Waals surface area contributed by atoms with E-state index in [1.54, 1.807) is 7.11 Å². The zero-order chi connectivity index (χ0) is 11.1. The van der Waals surface area contributed by atoms with Gasteiger partial charge in [0.25, 0.3) is 0 Å². The molecule has 0 saturated heterocycles. The molecule has 0 aliphatic carbocycles. The standard InChI is InChI=1S/C12H19NO2/c1-4-15-8-7-13-12-6-5-11(14-3)9-10(12)2/h5-6,9,13H,4,7-8H2,1-3H3. The first-order valence-electron chi connectivity index (χ1n) is 5.24. The molecule has 84 valence electrons. The van der Waals surface area contributed by atoms with E-state index in [1.807, 2.05) is 25.1 Å². The quantitative estimate of drug-likeness (QED) is 0.730. The van der Waals surface area contributed by atoms with Crippen molar-refractivity contribution >= 4 is 5.69 Å². The zero-order valence-corrected chi connectivity index (χ0v) is 9.67. The van der Waals surface area contributed by atoms with E-state index in [0.29, 0.717) is 0 Å². The normalized spacial score (nSPS) is 10.1. The predicted octanol–water partition coefficient (Wildman–Crippen LogP) is 2.45. The van der Waals surface area contributed by atoms with E-state index in [4.69, 9.17) is 9.47 Å². The van der Waals surface area contributed by atoms with Gasteiger partial charge >= 0.3 is 0 Å². The molecule has 1 aromatic carbocycles. The van der Waals surface area contributed by atoms with Crippen molar-refractivity contribution in [2.75, 3.05) is 32.2 Å². The van der Waals surface area contributed by atoms with Gasteiger partial charge in [-0.3, -0.25) is 0 Å². The van der Waals surface area contributed by atoms with Gasteiger partial charge in [0.1, 0.15) is 5.75 Å². The summed E-state index contributed by atoms with van der Waals surface area (Å²) in [5.74, 6) is 0.892. The summed E-state index contributed by atoms with van der Waals surface area (Å²) in [6.07, 6.45) is 0. The molecule has 0 spiro atoms. The minimum atomic E-state index is 0.738. The molecular formula is C12H19NO2. The highest BCUT2D eigenvalue weighted by Crippen LogP contribution is 2.20. The molecule has 0 aliphatic rings. The van der Waals surface area contributed by atoms with Crippen LogP contribution in [0.2, 0.25) is 0 Å². The van der Waals surface area contributed by atoms with E-state index in [0.717, 1.165) is 31.2 Å². The largest absolute Gasteiger partial charge is 0.497 e. The average molecular weight is 209 g/mol. The molecule has 0 aromatic heterocycles. The van der Waals surface area contributed by atoms with Gasteiger partial charge in [0.15, 0.2) is 0 Å². The maximum atomic E-state index is 5.25. The van der Waals surface area contributed by atoms with E-state index in [2.05, 4.69) is 12.2 Å². The summed E-state index contributed by atoms with van der Waals surface area (Å²) >= 11 is 0. The summed E-state index contributed by atoms with van der Waals surface area (Å²) in [6, 6.07) is 6.00. The number of ether oxygens (including phenoxy) is 2. The Kier molecular flexibility index (Phi) is 4.98. The minimum Gasteiger partial charge on any atom is -0.497 e. The first kappa shape index (κ1) is 11.9. The van der Waals surface area contributed by atoms with Gasteiger partial charge in [-0.2, -0.15) is 0 Å². The van der Waals surface area contributed by atoms with Crippen LogP contribution in [0.1, 0.15) is 12.5 Å². The Morgan fingerprint density at radius 1 is 1.33 bits per heavy atom. The minimum absolute atomic E-state index is 0.738. The Morgan fingerprint density at radius 3 is 2.73 bits per heavy atom. The van der Waals surface area contributed by atoms with Crippen molar-refractivity contribution in [3.05, 3.63) is 23.8 Å². The van der Waals surface area contributed by atoms with Crippen LogP contribution in [0, 0.1) is 6.92 Å². The van der Waals surface area contributed by atoms with E-state index in [1.165, 1.54) is 5.56 Å². The molecule has 0 saturated carbocycles. The molecule has 0 radical (unpaired) electrons. The number of hydrogen-bond acceptors (Lipinski definition) is 3. The maximum absolute atomic E-state index is 5.25. The van der Waals surface area contributed by atoms with Crippen LogP contribution in [0.4, 0.5) is 5.69 Å². The van der Waals surface area contributed by atoms with Crippen LogP contribution in [0.5, 0.6) is 5.75 Å². The molecule has 0 fully saturated rings. The van der Waals surface area contributed by atoms with Gasteiger partial charge in [0.05, 0.1) is 13.7 Å². The molecule has 0 aliphatic heterocycles. The molecule has 0 unspecified atom stereocenters. The molecular weight excluding hydrogens is 190 g/mol. The van der Waals surface area contributed by atoms with Crippen molar-refractivity contribution < 1.29 is 9.47 Å². The fourth-order valence-electron chi connectivity index (χ4n) is 1.36. The molecule has 1 rings (SSSR count). The molecule has 0 amide bonds. The van der Waals surface area contributed by atoms with Gasteiger partial charge < -0.3 is 14.8 Å². The average Bonchev–Trinajstić information content (AvgIpc) is 2.26. The van der Waals surface area contributed by atoms with Crippen molar-refractivity contribution in [3.8, 4) is 5.75 Å². The van der Waals surface area contributed by atoms with Gasteiger partial charge in [0.2, 0.25) is 0 Å². The molecule has 0 heterocycles. The molecule has 0 bridgehead atoms. The first-order chi connectivity index (χ1) is 7.27. The van der Waals surface area contributed by atoms with Crippen LogP contribution >= 0.6 is 0 Å². The van der Waals surface area contributed by atoms with Crippen LogP contribution < -0.4 is 10.1 Å². The molecule has 15 heavy (non-hydrogen) atoms. The number of anilines is 1. The third-order valence-electron chi connectivity index (χ3n) is 2.20. The molecule has 3 nitrogen and oxygen atoms in total. The lowest BCUT2D eigenvalue weighted by atomic mass is 10.2. The van der Waals surface area contributed by atoms with E-state index < -0.39 is 0 Å². The van der Waals surface area contributed by atoms with Gasteiger partial charge in [0, 0.05) is 18.8 Å². The van der Waals surface area contributed by atoms with Crippen molar-refractivity contribution in [1.82, 2.24) is 0 Å². The van der Waals surface area contributed by atoms with Crippen LogP contribution in [-0.2, 0) is 4.74 Å². The Morgan fingerprint density at radius 2 is 2.13 bits per heavy atom. The van der Waals surface area contributed by atoms with Crippen LogP contribution in [0.15, 0.2) is 18.2 Å². The molecule has 1 aromatic rings. The second-order valence-corrected chi connectivity index (χ2v) is 3.30. The van der Waals surface area contributed by atoms with Crippen LogP contribution in [-0.4, -0.2) is 26.9 Å².